The lowest BCUT2D eigenvalue weighted by atomic mass is 10.2. The van der Waals surface area contributed by atoms with Crippen LogP contribution >= 0.6 is 0 Å². The monoisotopic (exact) mass is 544 g/mol. The van der Waals surface area contributed by atoms with Crippen LogP contribution in [-0.4, -0.2) is 48.4 Å². The van der Waals surface area contributed by atoms with Gasteiger partial charge in [-0.1, -0.05) is 30.3 Å². The third kappa shape index (κ3) is 7.47. The number of benzene rings is 3. The third-order valence-corrected chi connectivity index (χ3v) is 5.96. The molecule has 1 fully saturated rings. The number of halogens is 4. The van der Waals surface area contributed by atoms with E-state index in [0.717, 1.165) is 24.9 Å². The van der Waals surface area contributed by atoms with E-state index in [-0.39, 0.29) is 18.2 Å². The van der Waals surface area contributed by atoms with E-state index in [1.807, 2.05) is 39.8 Å². The van der Waals surface area contributed by atoms with Crippen LogP contribution in [0.15, 0.2) is 66.7 Å². The predicted molar refractivity (Wildman–Crippen MR) is 140 cm³/mol. The number of nitrogens with zero attached hydrogens (tertiary/aromatic N) is 3. The van der Waals surface area contributed by atoms with Crippen LogP contribution < -0.4 is 19.7 Å². The van der Waals surface area contributed by atoms with E-state index < -0.39 is 6.36 Å². The number of carbonyl (C=O) groups excluding carboxylic acids is 1. The van der Waals surface area contributed by atoms with E-state index in [9.17, 15) is 13.2 Å². The van der Waals surface area contributed by atoms with Gasteiger partial charge in [-0.25, -0.2) is 9.37 Å². The summed E-state index contributed by atoms with van der Waals surface area (Å²) in [7, 11) is 0. The van der Waals surface area contributed by atoms with Gasteiger partial charge in [0, 0.05) is 38.8 Å². The fraction of sp³-hybridized carbons (Fsp3) is 0.286. The molecule has 3 aromatic carbocycles. The minimum absolute atomic E-state index is 0.137. The molecule has 1 N–H and O–H groups in total. The summed E-state index contributed by atoms with van der Waals surface area (Å²) >= 11 is 0. The minimum atomic E-state index is -4.76. The number of alkyl halides is 3. The Morgan fingerprint density at radius 3 is 2.31 bits per heavy atom. The Morgan fingerprint density at radius 2 is 1.67 bits per heavy atom. The summed E-state index contributed by atoms with van der Waals surface area (Å²) in [6.07, 6.45) is -4.01. The summed E-state index contributed by atoms with van der Waals surface area (Å²) in [6, 6.07) is 18.1. The van der Waals surface area contributed by atoms with E-state index in [0.29, 0.717) is 47.9 Å². The number of hydrogen-bond donors (Lipinski definition) is 1. The molecule has 0 atom stereocenters. The van der Waals surface area contributed by atoms with Gasteiger partial charge in [0.2, 0.25) is 0 Å². The number of imidazole rings is 1. The van der Waals surface area contributed by atoms with Crippen LogP contribution in [0.3, 0.4) is 0 Å². The summed E-state index contributed by atoms with van der Waals surface area (Å²) in [5.41, 5.74) is 2.43. The first kappa shape index (κ1) is 27.9. The van der Waals surface area contributed by atoms with Crippen LogP contribution in [0, 0.1) is 5.82 Å². The van der Waals surface area contributed by atoms with E-state index in [1.54, 1.807) is 18.2 Å². The Bertz CT molecular complexity index is 1370. The first-order chi connectivity index (χ1) is 18.8. The van der Waals surface area contributed by atoms with Gasteiger partial charge in [-0.05, 0) is 42.8 Å². The number of piperazine rings is 1. The molecule has 1 aliphatic rings. The molecule has 0 spiro atoms. The zero-order valence-electron chi connectivity index (χ0n) is 21.2. The highest BCUT2D eigenvalue weighted by molar-refractivity contribution is 5.81. The van der Waals surface area contributed by atoms with Crippen molar-refractivity contribution in [2.24, 2.45) is 0 Å². The number of para-hydroxylation sites is 1. The van der Waals surface area contributed by atoms with Crippen LogP contribution in [0.4, 0.5) is 23.2 Å². The molecule has 39 heavy (non-hydrogen) atoms. The van der Waals surface area contributed by atoms with Crippen molar-refractivity contribution in [1.29, 1.82) is 0 Å². The van der Waals surface area contributed by atoms with Gasteiger partial charge in [0.15, 0.2) is 0 Å². The zero-order chi connectivity index (χ0) is 27.8. The molecule has 5 rings (SSSR count). The molecule has 0 aliphatic carbocycles. The maximum absolute atomic E-state index is 15.1. The number of rotatable bonds is 7. The first-order valence-electron chi connectivity index (χ1n) is 12.3. The van der Waals surface area contributed by atoms with E-state index in [4.69, 9.17) is 9.53 Å². The Morgan fingerprint density at radius 1 is 1.00 bits per heavy atom. The quantitative estimate of drug-likeness (QED) is 0.251. The number of carbonyl (C=O) groups is 1. The predicted octanol–water partition coefficient (Wildman–Crippen LogP) is 5.32. The number of ether oxygens (including phenoxy) is 2. The highest BCUT2D eigenvalue weighted by Crippen LogP contribution is 2.29. The van der Waals surface area contributed by atoms with Gasteiger partial charge in [-0.3, -0.25) is 0 Å². The van der Waals surface area contributed by atoms with Crippen molar-refractivity contribution in [2.75, 3.05) is 31.1 Å². The third-order valence-electron chi connectivity index (χ3n) is 5.96. The van der Waals surface area contributed by atoms with Crippen molar-refractivity contribution in [1.82, 2.24) is 14.9 Å². The summed E-state index contributed by atoms with van der Waals surface area (Å²) in [6.45, 7) is 4.78. The molecule has 0 bridgehead atoms. The summed E-state index contributed by atoms with van der Waals surface area (Å²) in [5, 5.41) is 3.26. The topological polar surface area (TPSA) is 68.6 Å². The Kier molecular flexibility index (Phi) is 9.03. The first-order valence-corrected chi connectivity index (χ1v) is 12.3. The Labute approximate surface area is 223 Å². The second-order valence-corrected chi connectivity index (χ2v) is 8.67. The number of aldehydes is 1. The number of fused-ring (bicyclic) bond motifs is 1. The Balaban J connectivity index is 0.00000112. The molecule has 0 radical (unpaired) electrons. The molecule has 0 saturated carbocycles. The molecule has 0 amide bonds. The summed E-state index contributed by atoms with van der Waals surface area (Å²) in [5.74, 6) is 0.592. The molecule has 0 unspecified atom stereocenters. The van der Waals surface area contributed by atoms with Gasteiger partial charge in [0.25, 0.3) is 0 Å². The average molecular weight is 545 g/mol. The van der Waals surface area contributed by atoms with Crippen LogP contribution in [0.25, 0.3) is 11.0 Å². The highest BCUT2D eigenvalue weighted by Gasteiger charge is 2.31. The zero-order valence-corrected chi connectivity index (χ0v) is 21.2. The largest absolute Gasteiger partial charge is 0.573 e. The average Bonchev–Trinajstić information content (AvgIpc) is 3.24. The number of anilines is 1. The molecule has 7 nitrogen and oxygen atoms in total. The normalized spacial score (nSPS) is 13.5. The fourth-order valence-electron chi connectivity index (χ4n) is 4.26. The second kappa shape index (κ2) is 12.6. The molecule has 4 aromatic rings. The molecule has 1 aliphatic heterocycles. The van der Waals surface area contributed by atoms with Crippen LogP contribution in [0.5, 0.6) is 11.5 Å². The molecular weight excluding hydrogens is 516 g/mol. The van der Waals surface area contributed by atoms with E-state index in [2.05, 4.69) is 15.0 Å². The van der Waals surface area contributed by atoms with Gasteiger partial charge in [-0.15, -0.1) is 13.2 Å². The molecule has 1 aromatic heterocycles. The molecule has 11 heteroatoms. The van der Waals surface area contributed by atoms with Crippen molar-refractivity contribution in [2.45, 2.75) is 26.4 Å². The van der Waals surface area contributed by atoms with Gasteiger partial charge in [0.1, 0.15) is 36.0 Å². The smallest absolute Gasteiger partial charge is 0.486 e. The van der Waals surface area contributed by atoms with Crippen molar-refractivity contribution in [3.8, 4) is 11.5 Å². The van der Waals surface area contributed by atoms with Gasteiger partial charge in [0.05, 0.1) is 16.7 Å². The summed E-state index contributed by atoms with van der Waals surface area (Å²) < 4.78 is 64.5. The van der Waals surface area contributed by atoms with Gasteiger partial charge >= 0.3 is 6.36 Å². The lowest BCUT2D eigenvalue weighted by Crippen LogP contribution is -2.43. The van der Waals surface area contributed by atoms with Crippen LogP contribution in [-0.2, 0) is 17.9 Å². The standard InChI is InChI=1S/C26H24F4N4O2.C2H4O/c27-21-14-22-24(15-23(21)33-12-10-31-11-13-33)34(25(32-22)17-35-19-4-2-1-3-5-19)16-18-6-8-20(9-7-18)36-26(28,29)30;1-2-3/h1-9,14-15,31H,10-13,16-17H2;2H,1H3. The Hall–Kier alpha value is -4.12. The van der Waals surface area contributed by atoms with Crippen molar-refractivity contribution in [3.05, 3.63) is 83.9 Å². The lowest BCUT2D eigenvalue weighted by Gasteiger charge is -2.29. The van der Waals surface area contributed by atoms with Crippen molar-refractivity contribution < 1.29 is 31.8 Å². The number of aromatic nitrogens is 2. The summed E-state index contributed by atoms with van der Waals surface area (Å²) in [4.78, 5) is 15.4. The molecule has 1 saturated heterocycles. The lowest BCUT2D eigenvalue weighted by molar-refractivity contribution is -0.274. The van der Waals surface area contributed by atoms with Gasteiger partial charge in [-0.2, -0.15) is 0 Å². The van der Waals surface area contributed by atoms with Crippen molar-refractivity contribution >= 4 is 23.0 Å². The number of hydrogen-bond acceptors (Lipinski definition) is 6. The maximum Gasteiger partial charge on any atom is 0.573 e. The maximum atomic E-state index is 15.1. The minimum Gasteiger partial charge on any atom is -0.486 e. The SMILES string of the molecule is CC=O.Fc1cc2nc(COc3ccccc3)n(Cc3ccc(OC(F)(F)F)cc3)c2cc1N1CCNCC1. The van der Waals surface area contributed by atoms with E-state index >= 15 is 4.39 Å². The molecule has 206 valence electrons. The van der Waals surface area contributed by atoms with Crippen LogP contribution in [0.2, 0.25) is 0 Å². The fourth-order valence-corrected chi connectivity index (χ4v) is 4.26. The second-order valence-electron chi connectivity index (χ2n) is 8.67. The van der Waals surface area contributed by atoms with Gasteiger partial charge < -0.3 is 29.1 Å². The highest BCUT2D eigenvalue weighted by atomic mass is 19.4. The number of nitrogens with one attached hydrogen (secondary N) is 1. The van der Waals surface area contributed by atoms with Crippen molar-refractivity contribution in [3.63, 3.8) is 0 Å². The molecule has 2 heterocycles. The molecular formula is C28H28F4N4O3. The van der Waals surface area contributed by atoms with E-state index in [1.165, 1.54) is 25.1 Å². The van der Waals surface area contributed by atoms with Crippen LogP contribution in [0.1, 0.15) is 18.3 Å².